The number of thiophene rings is 1. The first-order valence-corrected chi connectivity index (χ1v) is 12.7. The maximum Gasteiger partial charge on any atom is 0.295 e. The number of ether oxygens (including phenoxy) is 1. The van der Waals surface area contributed by atoms with E-state index in [-0.39, 0.29) is 16.7 Å². The number of amides is 1. The minimum absolute atomic E-state index is 0.144. The van der Waals surface area contributed by atoms with Crippen molar-refractivity contribution in [3.8, 4) is 5.75 Å². The summed E-state index contributed by atoms with van der Waals surface area (Å²) < 4.78 is 5.53. The molecule has 0 bridgehead atoms. The smallest absolute Gasteiger partial charge is 0.295 e. The van der Waals surface area contributed by atoms with Crippen LogP contribution < -0.4 is 4.74 Å². The summed E-state index contributed by atoms with van der Waals surface area (Å²) in [5, 5.41) is 13.4. The van der Waals surface area contributed by atoms with Gasteiger partial charge >= 0.3 is 0 Å². The van der Waals surface area contributed by atoms with Crippen LogP contribution in [0.25, 0.3) is 5.76 Å². The van der Waals surface area contributed by atoms with E-state index < -0.39 is 17.7 Å². The number of likely N-dealkylation sites (N-methyl/N-ethyl adjacent to an activating group) is 1. The van der Waals surface area contributed by atoms with Crippen molar-refractivity contribution in [1.82, 2.24) is 9.80 Å². The second kappa shape index (κ2) is 10.3. The predicted octanol–water partition coefficient (Wildman–Crippen LogP) is 5.13. The standard InChI is InChI=1S/C27H36N2O4S/c1-8-28(9-2)13-14-29-22(25-17(3)12-15-34-25)21(24(31)26(29)32)23(30)18-10-11-20(33-7)19(16-18)27(4,5)6/h10-12,15-16,22,30H,8-9,13-14H2,1-7H3/b23-21-. The van der Waals surface area contributed by atoms with E-state index >= 15 is 0 Å². The second-order valence-electron chi connectivity index (χ2n) is 9.65. The molecule has 0 spiro atoms. The topological polar surface area (TPSA) is 70.1 Å². The molecule has 0 saturated carbocycles. The third-order valence-electron chi connectivity index (χ3n) is 6.52. The molecule has 2 aromatic rings. The first-order chi connectivity index (χ1) is 16.0. The van der Waals surface area contributed by atoms with E-state index in [1.165, 1.54) is 11.3 Å². The Labute approximate surface area is 206 Å². The maximum atomic E-state index is 13.3. The van der Waals surface area contributed by atoms with Crippen LogP contribution in [0, 0.1) is 6.92 Å². The van der Waals surface area contributed by atoms with Gasteiger partial charge in [0.1, 0.15) is 11.5 Å². The highest BCUT2D eigenvalue weighted by atomic mass is 32.1. The largest absolute Gasteiger partial charge is 0.507 e. The van der Waals surface area contributed by atoms with Gasteiger partial charge in [0.15, 0.2) is 0 Å². The molecule has 1 aromatic carbocycles. The van der Waals surface area contributed by atoms with Gasteiger partial charge in [-0.25, -0.2) is 0 Å². The molecule has 1 atom stereocenters. The van der Waals surface area contributed by atoms with Gasteiger partial charge in [-0.1, -0.05) is 34.6 Å². The Kier molecular flexibility index (Phi) is 7.88. The summed E-state index contributed by atoms with van der Waals surface area (Å²) in [5.74, 6) is -0.622. The number of ketones is 1. The molecule has 1 aromatic heterocycles. The van der Waals surface area contributed by atoms with Crippen LogP contribution in [0.1, 0.15) is 62.2 Å². The monoisotopic (exact) mass is 484 g/mol. The zero-order valence-corrected chi connectivity index (χ0v) is 22.1. The third-order valence-corrected chi connectivity index (χ3v) is 7.59. The highest BCUT2D eigenvalue weighted by molar-refractivity contribution is 7.10. The lowest BCUT2D eigenvalue weighted by Gasteiger charge is -2.28. The minimum atomic E-state index is -0.636. The van der Waals surface area contributed by atoms with Crippen LogP contribution in [0.15, 0.2) is 35.2 Å². The van der Waals surface area contributed by atoms with Gasteiger partial charge in [0.25, 0.3) is 11.7 Å². The van der Waals surface area contributed by atoms with Crippen molar-refractivity contribution < 1.29 is 19.4 Å². The van der Waals surface area contributed by atoms with E-state index in [2.05, 4.69) is 39.5 Å². The third kappa shape index (κ3) is 4.91. The Morgan fingerprint density at radius 2 is 1.85 bits per heavy atom. The number of rotatable bonds is 8. The van der Waals surface area contributed by atoms with Crippen LogP contribution in [0.5, 0.6) is 5.75 Å². The number of aliphatic hydroxyl groups excluding tert-OH is 1. The molecule has 2 heterocycles. The van der Waals surface area contributed by atoms with Crippen LogP contribution in [0.2, 0.25) is 0 Å². The zero-order chi connectivity index (χ0) is 25.2. The molecule has 1 aliphatic heterocycles. The van der Waals surface area contributed by atoms with Crippen molar-refractivity contribution in [2.45, 2.75) is 53.0 Å². The van der Waals surface area contributed by atoms with Gasteiger partial charge in [0.05, 0.1) is 18.7 Å². The molecule has 7 heteroatoms. The van der Waals surface area contributed by atoms with Crippen molar-refractivity contribution in [2.75, 3.05) is 33.3 Å². The Bertz CT molecular complexity index is 1090. The van der Waals surface area contributed by atoms with E-state index in [4.69, 9.17) is 4.74 Å². The molecule has 1 amide bonds. The lowest BCUT2D eigenvalue weighted by Crippen LogP contribution is -2.37. The Balaban J connectivity index is 2.15. The number of aliphatic hydroxyl groups is 1. The lowest BCUT2D eigenvalue weighted by atomic mass is 9.84. The van der Waals surface area contributed by atoms with Crippen molar-refractivity contribution >= 4 is 28.8 Å². The molecule has 1 unspecified atom stereocenters. The number of benzene rings is 1. The summed E-state index contributed by atoms with van der Waals surface area (Å²) in [7, 11) is 1.62. The number of methoxy groups -OCH3 is 1. The zero-order valence-electron chi connectivity index (χ0n) is 21.3. The minimum Gasteiger partial charge on any atom is -0.507 e. The van der Waals surface area contributed by atoms with Crippen LogP contribution in [0.3, 0.4) is 0 Å². The van der Waals surface area contributed by atoms with Crippen LogP contribution in [-0.4, -0.2) is 59.9 Å². The van der Waals surface area contributed by atoms with Crippen molar-refractivity contribution in [2.24, 2.45) is 0 Å². The average molecular weight is 485 g/mol. The summed E-state index contributed by atoms with van der Waals surface area (Å²) >= 11 is 1.51. The number of carbonyl (C=O) groups is 2. The number of aryl methyl sites for hydroxylation is 1. The molecule has 0 aliphatic carbocycles. The van der Waals surface area contributed by atoms with E-state index in [9.17, 15) is 14.7 Å². The summed E-state index contributed by atoms with van der Waals surface area (Å²) in [6, 6.07) is 6.78. The van der Waals surface area contributed by atoms with E-state index in [1.807, 2.05) is 24.4 Å². The Morgan fingerprint density at radius 3 is 2.38 bits per heavy atom. The number of nitrogens with zero attached hydrogens (tertiary/aromatic N) is 2. The normalized spacial score (nSPS) is 18.2. The van der Waals surface area contributed by atoms with Gasteiger partial charge in [-0.05, 0) is 60.6 Å². The van der Waals surface area contributed by atoms with E-state index in [0.717, 1.165) is 34.8 Å². The van der Waals surface area contributed by atoms with Gasteiger partial charge < -0.3 is 19.6 Å². The number of likely N-dealkylation sites (tertiary alicyclic amines) is 1. The average Bonchev–Trinajstić information content (AvgIpc) is 3.33. The molecule has 1 saturated heterocycles. The first-order valence-electron chi connectivity index (χ1n) is 11.8. The highest BCUT2D eigenvalue weighted by Gasteiger charge is 2.47. The summed E-state index contributed by atoms with van der Waals surface area (Å²) in [6.45, 7) is 15.1. The van der Waals surface area contributed by atoms with E-state index in [0.29, 0.717) is 18.7 Å². The summed E-state index contributed by atoms with van der Waals surface area (Å²) in [4.78, 5) is 31.2. The van der Waals surface area contributed by atoms with Crippen LogP contribution >= 0.6 is 11.3 Å². The molecule has 3 rings (SSSR count). The molecule has 6 nitrogen and oxygen atoms in total. The summed E-state index contributed by atoms with van der Waals surface area (Å²) in [5.41, 5.74) is 2.34. The Morgan fingerprint density at radius 1 is 1.18 bits per heavy atom. The fourth-order valence-corrected chi connectivity index (χ4v) is 5.48. The van der Waals surface area contributed by atoms with Gasteiger partial charge in [0, 0.05) is 29.1 Å². The molecule has 1 aliphatic rings. The summed E-state index contributed by atoms with van der Waals surface area (Å²) in [6.07, 6.45) is 0. The molecule has 0 radical (unpaired) electrons. The predicted molar refractivity (Wildman–Crippen MR) is 138 cm³/mol. The fourth-order valence-electron chi connectivity index (χ4n) is 4.43. The van der Waals surface area contributed by atoms with Gasteiger partial charge in [-0.3, -0.25) is 9.59 Å². The number of hydrogen-bond donors (Lipinski definition) is 1. The van der Waals surface area contributed by atoms with Crippen LogP contribution in [0.4, 0.5) is 0 Å². The lowest BCUT2D eigenvalue weighted by molar-refractivity contribution is -0.140. The van der Waals surface area contributed by atoms with Crippen molar-refractivity contribution in [3.05, 3.63) is 56.8 Å². The highest BCUT2D eigenvalue weighted by Crippen LogP contribution is 2.43. The quantitative estimate of drug-likeness (QED) is 0.320. The fraction of sp³-hybridized carbons (Fsp3) is 0.481. The van der Waals surface area contributed by atoms with Gasteiger partial charge in [-0.15, -0.1) is 11.3 Å². The Hall–Kier alpha value is -2.64. The first kappa shape index (κ1) is 26.0. The molecule has 1 N–H and O–H groups in total. The second-order valence-corrected chi connectivity index (χ2v) is 10.6. The number of Topliss-reactive ketones (excluding diaryl/α,β-unsaturated/α-hetero) is 1. The van der Waals surface area contributed by atoms with Crippen molar-refractivity contribution in [3.63, 3.8) is 0 Å². The maximum absolute atomic E-state index is 13.3. The molecular weight excluding hydrogens is 448 g/mol. The molecular formula is C27H36N2O4S. The van der Waals surface area contributed by atoms with Crippen molar-refractivity contribution in [1.29, 1.82) is 0 Å². The van der Waals surface area contributed by atoms with Gasteiger partial charge in [0.2, 0.25) is 0 Å². The van der Waals surface area contributed by atoms with E-state index in [1.54, 1.807) is 24.1 Å². The van der Waals surface area contributed by atoms with Gasteiger partial charge in [-0.2, -0.15) is 0 Å². The molecule has 184 valence electrons. The molecule has 34 heavy (non-hydrogen) atoms. The number of hydrogen-bond acceptors (Lipinski definition) is 6. The van der Waals surface area contributed by atoms with Crippen LogP contribution in [-0.2, 0) is 15.0 Å². The number of carbonyl (C=O) groups excluding carboxylic acids is 2. The SMILES string of the molecule is CCN(CC)CCN1C(=O)C(=O)/C(=C(\O)c2ccc(OC)c(C(C)(C)C)c2)C1c1sccc1C. The molecule has 1 fully saturated rings.